The summed E-state index contributed by atoms with van der Waals surface area (Å²) >= 11 is 0. The van der Waals surface area contributed by atoms with E-state index in [2.05, 4.69) is 4.90 Å². The number of fused-ring (bicyclic) bond motifs is 1. The number of hydrogen-bond donors (Lipinski definition) is 0. The van der Waals surface area contributed by atoms with Gasteiger partial charge in [-0.3, -0.25) is 4.79 Å². The predicted molar refractivity (Wildman–Crippen MR) is 121 cm³/mol. The number of benzene rings is 2. The minimum absolute atomic E-state index is 0.154. The molecule has 5 rings (SSSR count). The Morgan fingerprint density at radius 3 is 2.45 bits per heavy atom. The Kier molecular flexibility index (Phi) is 5.92. The van der Waals surface area contributed by atoms with E-state index in [1.165, 1.54) is 24.3 Å². The van der Waals surface area contributed by atoms with Crippen LogP contribution < -0.4 is 9.64 Å². The number of morpholine rings is 1. The smallest absolute Gasteiger partial charge is 0.254 e. The number of carbonyl (C=O) groups is 1. The number of amides is 1. The van der Waals surface area contributed by atoms with Crippen molar-refractivity contribution in [3.8, 4) is 11.6 Å². The van der Waals surface area contributed by atoms with Crippen molar-refractivity contribution in [2.24, 2.45) is 0 Å². The van der Waals surface area contributed by atoms with Gasteiger partial charge in [-0.15, -0.1) is 0 Å². The van der Waals surface area contributed by atoms with Crippen LogP contribution in [0, 0.1) is 12.7 Å². The minimum Gasteiger partial charge on any atom is -0.438 e. The molecular formula is C25H25FN4O3. The molecule has 0 aliphatic carbocycles. The highest BCUT2D eigenvalue weighted by molar-refractivity contribution is 5.94. The van der Waals surface area contributed by atoms with Crippen LogP contribution in [-0.4, -0.2) is 53.6 Å². The Hall–Kier alpha value is -3.52. The first kappa shape index (κ1) is 21.3. The fraction of sp³-hybridized carbons (Fsp3) is 0.320. The summed E-state index contributed by atoms with van der Waals surface area (Å²) in [6.45, 7) is 5.58. The molecule has 0 radical (unpaired) electrons. The summed E-state index contributed by atoms with van der Waals surface area (Å²) in [6.07, 6.45) is 0.590. The van der Waals surface area contributed by atoms with E-state index < -0.39 is 0 Å². The van der Waals surface area contributed by atoms with Gasteiger partial charge in [-0.25, -0.2) is 9.37 Å². The number of ether oxygens (including phenoxy) is 2. The van der Waals surface area contributed by atoms with Crippen molar-refractivity contribution < 1.29 is 18.7 Å². The summed E-state index contributed by atoms with van der Waals surface area (Å²) in [4.78, 5) is 26.5. The predicted octanol–water partition coefficient (Wildman–Crippen LogP) is 3.75. The molecule has 1 fully saturated rings. The maximum absolute atomic E-state index is 13.3. The topological polar surface area (TPSA) is 67.8 Å². The van der Waals surface area contributed by atoms with Gasteiger partial charge in [-0.2, -0.15) is 4.98 Å². The lowest BCUT2D eigenvalue weighted by atomic mass is 10.0. The zero-order chi connectivity index (χ0) is 22.8. The number of aromatic nitrogens is 2. The molecule has 0 spiro atoms. The van der Waals surface area contributed by atoms with Crippen molar-refractivity contribution in [2.45, 2.75) is 19.9 Å². The maximum Gasteiger partial charge on any atom is 0.254 e. The molecule has 170 valence electrons. The maximum atomic E-state index is 13.3. The van der Waals surface area contributed by atoms with Crippen LogP contribution in [0.1, 0.15) is 27.2 Å². The fourth-order valence-electron chi connectivity index (χ4n) is 4.03. The van der Waals surface area contributed by atoms with E-state index in [0.717, 1.165) is 29.9 Å². The number of anilines is 1. The van der Waals surface area contributed by atoms with E-state index in [9.17, 15) is 9.18 Å². The highest BCUT2D eigenvalue weighted by Crippen LogP contribution is 2.32. The average molecular weight is 448 g/mol. The third-order valence-electron chi connectivity index (χ3n) is 5.92. The van der Waals surface area contributed by atoms with Crippen LogP contribution >= 0.6 is 0 Å². The molecule has 3 heterocycles. The van der Waals surface area contributed by atoms with Crippen molar-refractivity contribution in [3.63, 3.8) is 0 Å². The quantitative estimate of drug-likeness (QED) is 0.606. The third kappa shape index (κ3) is 4.66. The molecule has 1 saturated heterocycles. The average Bonchev–Trinajstić information content (AvgIpc) is 2.85. The van der Waals surface area contributed by atoms with Crippen LogP contribution in [0.15, 0.2) is 48.5 Å². The van der Waals surface area contributed by atoms with Crippen LogP contribution in [0.2, 0.25) is 0 Å². The van der Waals surface area contributed by atoms with E-state index in [1.54, 1.807) is 4.90 Å². The molecule has 7 nitrogen and oxygen atoms in total. The third-order valence-corrected chi connectivity index (χ3v) is 5.92. The van der Waals surface area contributed by atoms with E-state index in [4.69, 9.17) is 19.4 Å². The van der Waals surface area contributed by atoms with Gasteiger partial charge in [0.2, 0.25) is 11.8 Å². The van der Waals surface area contributed by atoms with Crippen molar-refractivity contribution in [1.82, 2.24) is 14.9 Å². The highest BCUT2D eigenvalue weighted by Gasteiger charge is 2.28. The number of nitrogens with zero attached hydrogens (tertiary/aromatic N) is 4. The number of aryl methyl sites for hydroxylation is 1. The number of halogens is 1. The summed E-state index contributed by atoms with van der Waals surface area (Å²) < 4.78 is 25.0. The van der Waals surface area contributed by atoms with Gasteiger partial charge in [0.25, 0.3) is 5.91 Å². The van der Waals surface area contributed by atoms with Gasteiger partial charge in [0.15, 0.2) is 0 Å². The van der Waals surface area contributed by atoms with E-state index >= 15 is 0 Å². The SMILES string of the molecule is Cc1ccc(Oc2nc(N3CCOCC3)nc3c2CN(C(=O)c2ccc(F)cc2)CC3)cc1. The molecule has 2 aromatic carbocycles. The molecule has 0 bridgehead atoms. The Morgan fingerprint density at radius 2 is 1.73 bits per heavy atom. The molecule has 8 heteroatoms. The van der Waals surface area contributed by atoms with Crippen LogP contribution in [0.25, 0.3) is 0 Å². The van der Waals surface area contributed by atoms with E-state index in [1.807, 2.05) is 31.2 Å². The first-order chi connectivity index (χ1) is 16.1. The number of hydrogen-bond acceptors (Lipinski definition) is 6. The number of carbonyl (C=O) groups excluding carboxylic acids is 1. The van der Waals surface area contributed by atoms with Gasteiger partial charge in [0.05, 0.1) is 31.0 Å². The molecule has 1 amide bonds. The number of rotatable bonds is 4. The second-order valence-corrected chi connectivity index (χ2v) is 8.25. The molecule has 0 saturated carbocycles. The lowest BCUT2D eigenvalue weighted by Crippen LogP contribution is -2.39. The largest absolute Gasteiger partial charge is 0.438 e. The van der Waals surface area contributed by atoms with Gasteiger partial charge in [0, 0.05) is 31.6 Å². The lowest BCUT2D eigenvalue weighted by molar-refractivity contribution is 0.0731. The molecule has 0 N–H and O–H groups in total. The lowest BCUT2D eigenvalue weighted by Gasteiger charge is -2.32. The minimum atomic E-state index is -0.367. The Morgan fingerprint density at radius 1 is 1.00 bits per heavy atom. The summed E-state index contributed by atoms with van der Waals surface area (Å²) in [7, 11) is 0. The van der Waals surface area contributed by atoms with E-state index in [0.29, 0.717) is 55.9 Å². The van der Waals surface area contributed by atoms with E-state index in [-0.39, 0.29) is 11.7 Å². The van der Waals surface area contributed by atoms with Crippen LogP contribution in [0.3, 0.4) is 0 Å². The molecule has 3 aromatic rings. The molecule has 1 aromatic heterocycles. The van der Waals surface area contributed by atoms with Crippen LogP contribution in [0.5, 0.6) is 11.6 Å². The molecule has 2 aliphatic rings. The normalized spacial score (nSPS) is 15.8. The zero-order valence-corrected chi connectivity index (χ0v) is 18.5. The standard InChI is InChI=1S/C25H25FN4O3/c1-17-2-8-20(9-3-17)33-23-21-16-30(24(31)18-4-6-19(26)7-5-18)11-10-22(21)27-25(28-23)29-12-14-32-15-13-29/h2-9H,10-16H2,1H3. The van der Waals surface area contributed by atoms with Crippen molar-refractivity contribution in [1.29, 1.82) is 0 Å². The first-order valence-electron chi connectivity index (χ1n) is 11.1. The van der Waals surface area contributed by atoms with Gasteiger partial charge in [-0.1, -0.05) is 17.7 Å². The molecule has 0 unspecified atom stereocenters. The molecule has 33 heavy (non-hydrogen) atoms. The summed E-state index contributed by atoms with van der Waals surface area (Å²) in [5, 5.41) is 0. The Balaban J connectivity index is 1.47. The first-order valence-corrected chi connectivity index (χ1v) is 11.1. The Labute approximate surface area is 191 Å². The van der Waals surface area contributed by atoms with Crippen molar-refractivity contribution >= 4 is 11.9 Å². The van der Waals surface area contributed by atoms with Crippen LogP contribution in [-0.2, 0) is 17.7 Å². The van der Waals surface area contributed by atoms with Crippen molar-refractivity contribution in [3.05, 3.63) is 76.7 Å². The second-order valence-electron chi connectivity index (χ2n) is 8.25. The molecule has 0 atom stereocenters. The molecular weight excluding hydrogens is 423 g/mol. The Bertz CT molecular complexity index is 1150. The summed E-state index contributed by atoms with van der Waals surface area (Å²) in [6, 6.07) is 13.4. The summed E-state index contributed by atoms with van der Waals surface area (Å²) in [5.41, 5.74) is 3.27. The van der Waals surface area contributed by atoms with Crippen LogP contribution in [0.4, 0.5) is 10.3 Å². The summed E-state index contributed by atoms with van der Waals surface area (Å²) in [5.74, 6) is 1.24. The zero-order valence-electron chi connectivity index (χ0n) is 18.5. The van der Waals surface area contributed by atoms with Gasteiger partial charge in [0.1, 0.15) is 11.6 Å². The second kappa shape index (κ2) is 9.15. The van der Waals surface area contributed by atoms with Gasteiger partial charge < -0.3 is 19.3 Å². The van der Waals surface area contributed by atoms with Gasteiger partial charge >= 0.3 is 0 Å². The van der Waals surface area contributed by atoms with Crippen molar-refractivity contribution in [2.75, 3.05) is 37.7 Å². The van der Waals surface area contributed by atoms with Gasteiger partial charge in [-0.05, 0) is 43.3 Å². The molecule has 2 aliphatic heterocycles. The monoisotopic (exact) mass is 448 g/mol. The fourth-order valence-corrected chi connectivity index (χ4v) is 4.03. The highest BCUT2D eigenvalue weighted by atomic mass is 19.1.